The van der Waals surface area contributed by atoms with E-state index in [1.807, 2.05) is 0 Å². The monoisotopic (exact) mass is 534 g/mol. The van der Waals surface area contributed by atoms with E-state index in [9.17, 15) is 4.79 Å². The van der Waals surface area contributed by atoms with Gasteiger partial charge >= 0.3 is 0 Å². The molecule has 0 aliphatic heterocycles. The first-order chi connectivity index (χ1) is 11.8. The number of amides is 1. The third kappa shape index (κ3) is 9.16. The largest absolute Gasteiger partial charge is 0.489 e. The minimum absolute atomic E-state index is 0. The molecule has 0 spiro atoms. The van der Waals surface area contributed by atoms with E-state index < -0.39 is 0 Å². The second kappa shape index (κ2) is 13.3. The van der Waals surface area contributed by atoms with Crippen molar-refractivity contribution in [2.24, 2.45) is 4.99 Å². The van der Waals surface area contributed by atoms with Crippen LogP contribution in [-0.4, -0.2) is 57.1 Å². The highest BCUT2D eigenvalue weighted by atomic mass is 127. The quantitative estimate of drug-likeness (QED) is 0.176. The van der Waals surface area contributed by atoms with Crippen LogP contribution in [0.1, 0.15) is 0 Å². The number of carbonyl (C=O) groups excluding carboxylic acids is 1. The van der Waals surface area contributed by atoms with Crippen LogP contribution in [0.3, 0.4) is 0 Å². The Balaban J connectivity index is 0.00000625. The van der Waals surface area contributed by atoms with E-state index in [2.05, 4.69) is 22.2 Å². The van der Waals surface area contributed by atoms with E-state index in [-0.39, 0.29) is 43.0 Å². The number of rotatable bonds is 8. The molecule has 1 aromatic rings. The van der Waals surface area contributed by atoms with E-state index >= 15 is 0 Å². The summed E-state index contributed by atoms with van der Waals surface area (Å²) < 4.78 is 5.58. The van der Waals surface area contributed by atoms with Crippen molar-refractivity contribution in [3.05, 3.63) is 39.9 Å². The first-order valence-corrected chi connectivity index (χ1v) is 8.59. The summed E-state index contributed by atoms with van der Waals surface area (Å²) in [5.41, 5.74) is 0. The number of carbonyl (C=O) groups is 1. The first-order valence-electron chi connectivity index (χ1n) is 7.45. The number of nitrogens with zero attached hydrogens (tertiary/aromatic N) is 2. The van der Waals surface area contributed by atoms with Gasteiger partial charge in [0.1, 0.15) is 13.2 Å². The summed E-state index contributed by atoms with van der Waals surface area (Å²) in [5.74, 6) is 0.748. The zero-order valence-corrected chi connectivity index (χ0v) is 19.1. The predicted octanol–water partition coefficient (Wildman–Crippen LogP) is 3.45. The first kappa shape index (κ1) is 25.1. The highest BCUT2D eigenvalue weighted by Crippen LogP contribution is 2.35. The van der Waals surface area contributed by atoms with Crippen LogP contribution < -0.4 is 15.4 Å². The number of hydrogen-bond acceptors (Lipinski definition) is 3. The van der Waals surface area contributed by atoms with Crippen molar-refractivity contribution in [1.82, 2.24) is 15.5 Å². The van der Waals surface area contributed by atoms with Crippen LogP contribution in [0.25, 0.3) is 0 Å². The van der Waals surface area contributed by atoms with Crippen molar-refractivity contribution in [3.8, 4) is 5.75 Å². The molecule has 0 heterocycles. The molecule has 0 unspecified atom stereocenters. The molecule has 0 saturated heterocycles. The Morgan fingerprint density at radius 1 is 1.27 bits per heavy atom. The molecule has 10 heteroatoms. The normalized spacial score (nSPS) is 10.6. The molecular weight excluding hydrogens is 513 g/mol. The lowest BCUT2D eigenvalue weighted by Crippen LogP contribution is -2.40. The fraction of sp³-hybridized carbons (Fsp3) is 0.375. The van der Waals surface area contributed by atoms with Gasteiger partial charge in [0.15, 0.2) is 11.7 Å². The van der Waals surface area contributed by atoms with E-state index in [1.54, 1.807) is 32.3 Å². The van der Waals surface area contributed by atoms with Crippen LogP contribution in [0, 0.1) is 0 Å². The lowest BCUT2D eigenvalue weighted by Gasteiger charge is -2.14. The highest BCUT2D eigenvalue weighted by molar-refractivity contribution is 14.0. The van der Waals surface area contributed by atoms with Gasteiger partial charge in [-0.1, -0.05) is 40.9 Å². The molecule has 0 radical (unpaired) electrons. The van der Waals surface area contributed by atoms with Crippen molar-refractivity contribution in [2.75, 3.05) is 40.3 Å². The van der Waals surface area contributed by atoms with E-state index in [0.717, 1.165) is 0 Å². The lowest BCUT2D eigenvalue weighted by molar-refractivity contribution is -0.127. The zero-order valence-electron chi connectivity index (χ0n) is 14.5. The second-order valence-corrected chi connectivity index (χ2v) is 6.35. The van der Waals surface area contributed by atoms with Gasteiger partial charge in [0.05, 0.1) is 16.6 Å². The maximum Gasteiger partial charge on any atom is 0.243 e. The molecule has 26 heavy (non-hydrogen) atoms. The number of hydrogen-bond donors (Lipinski definition) is 2. The van der Waals surface area contributed by atoms with Crippen LogP contribution in [0.2, 0.25) is 15.1 Å². The summed E-state index contributed by atoms with van der Waals surface area (Å²) >= 11 is 18.0. The van der Waals surface area contributed by atoms with Gasteiger partial charge in [-0.25, -0.2) is 4.99 Å². The molecule has 0 aliphatic rings. The molecule has 1 amide bonds. The van der Waals surface area contributed by atoms with Crippen molar-refractivity contribution in [3.63, 3.8) is 0 Å². The van der Waals surface area contributed by atoms with Gasteiger partial charge in [0, 0.05) is 25.7 Å². The Morgan fingerprint density at radius 3 is 2.42 bits per heavy atom. The number of nitrogens with one attached hydrogen (secondary N) is 2. The molecule has 2 N–H and O–H groups in total. The third-order valence-corrected chi connectivity index (χ3v) is 3.67. The minimum atomic E-state index is -0.101. The van der Waals surface area contributed by atoms with Crippen LogP contribution in [-0.2, 0) is 4.79 Å². The van der Waals surface area contributed by atoms with Gasteiger partial charge in [-0.3, -0.25) is 4.79 Å². The maximum absolute atomic E-state index is 11.6. The Kier molecular flexibility index (Phi) is 12.8. The van der Waals surface area contributed by atoms with Crippen LogP contribution in [0.5, 0.6) is 5.75 Å². The molecule has 0 atom stereocenters. The summed E-state index contributed by atoms with van der Waals surface area (Å²) in [7, 11) is 3.35. The van der Waals surface area contributed by atoms with E-state index in [1.165, 1.54) is 4.90 Å². The smallest absolute Gasteiger partial charge is 0.243 e. The molecule has 0 saturated carbocycles. The average molecular weight is 536 g/mol. The summed E-state index contributed by atoms with van der Waals surface area (Å²) in [4.78, 5) is 17.3. The van der Waals surface area contributed by atoms with Gasteiger partial charge in [0.25, 0.3) is 0 Å². The standard InChI is InChI=1S/C16H21Cl3N4O2.HI/c1-4-5-20-16(22-10-14(24)23(2)3)21-6-7-25-15-12(18)8-11(17)9-13(15)19;/h4,8-9H,1,5-7,10H2,2-3H3,(H2,20,21,22);1H. The molecular formula is C16H22Cl3IN4O2. The fourth-order valence-corrected chi connectivity index (χ4v) is 2.55. The topological polar surface area (TPSA) is 66.0 Å². The van der Waals surface area contributed by atoms with Crippen molar-refractivity contribution in [1.29, 1.82) is 0 Å². The Labute approximate surface area is 185 Å². The number of likely N-dealkylation sites (N-methyl/N-ethyl adjacent to an activating group) is 1. The van der Waals surface area contributed by atoms with Gasteiger partial charge in [0.2, 0.25) is 5.91 Å². The fourth-order valence-electron chi connectivity index (χ4n) is 1.62. The lowest BCUT2D eigenvalue weighted by atomic mass is 10.3. The third-order valence-electron chi connectivity index (χ3n) is 2.89. The second-order valence-electron chi connectivity index (χ2n) is 5.10. The van der Waals surface area contributed by atoms with Crippen molar-refractivity contribution >= 4 is 70.6 Å². The Hall–Kier alpha value is -0.900. The molecule has 146 valence electrons. The molecule has 0 aromatic heterocycles. The minimum Gasteiger partial charge on any atom is -0.489 e. The molecule has 0 bridgehead atoms. The summed E-state index contributed by atoms with van der Waals surface area (Å²) in [6.07, 6.45) is 1.69. The summed E-state index contributed by atoms with van der Waals surface area (Å²) in [5, 5.41) is 7.19. The van der Waals surface area contributed by atoms with Crippen molar-refractivity contribution in [2.45, 2.75) is 0 Å². The number of benzene rings is 1. The molecule has 0 aliphatic carbocycles. The van der Waals surface area contributed by atoms with Crippen LogP contribution >= 0.6 is 58.8 Å². The van der Waals surface area contributed by atoms with Gasteiger partial charge < -0.3 is 20.3 Å². The average Bonchev–Trinajstić information content (AvgIpc) is 2.54. The van der Waals surface area contributed by atoms with Crippen molar-refractivity contribution < 1.29 is 9.53 Å². The number of aliphatic imine (C=N–C) groups is 1. The SMILES string of the molecule is C=CCNC(=NCC(=O)N(C)C)NCCOc1c(Cl)cc(Cl)cc1Cl.I. The Bertz CT molecular complexity index is 619. The van der Waals surface area contributed by atoms with Gasteiger partial charge in [-0.15, -0.1) is 30.6 Å². The van der Waals surface area contributed by atoms with Crippen LogP contribution in [0.15, 0.2) is 29.8 Å². The molecule has 1 rings (SSSR count). The number of ether oxygens (including phenoxy) is 1. The molecule has 6 nitrogen and oxygen atoms in total. The molecule has 1 aromatic carbocycles. The zero-order chi connectivity index (χ0) is 18.8. The molecule has 0 fully saturated rings. The van der Waals surface area contributed by atoms with Gasteiger partial charge in [-0.2, -0.15) is 0 Å². The number of halogens is 4. The highest BCUT2D eigenvalue weighted by Gasteiger charge is 2.09. The van der Waals surface area contributed by atoms with E-state index in [0.29, 0.717) is 39.9 Å². The van der Waals surface area contributed by atoms with Gasteiger partial charge in [-0.05, 0) is 12.1 Å². The summed E-state index contributed by atoms with van der Waals surface area (Å²) in [6.45, 7) is 4.90. The Morgan fingerprint density at radius 2 is 1.88 bits per heavy atom. The summed E-state index contributed by atoms with van der Waals surface area (Å²) in [6, 6.07) is 3.12. The van der Waals surface area contributed by atoms with E-state index in [4.69, 9.17) is 39.5 Å². The maximum atomic E-state index is 11.6. The van der Waals surface area contributed by atoms with Crippen LogP contribution in [0.4, 0.5) is 0 Å². The predicted molar refractivity (Wildman–Crippen MR) is 120 cm³/mol. The number of guanidine groups is 1.